The maximum atomic E-state index is 12.0. The molecule has 3 aromatic carbocycles. The van der Waals surface area contributed by atoms with Gasteiger partial charge in [0.2, 0.25) is 0 Å². The number of rotatable bonds is 9. The lowest BCUT2D eigenvalue weighted by molar-refractivity contribution is 0.0538. The predicted molar refractivity (Wildman–Crippen MR) is 142 cm³/mol. The number of Topliss-reactive ketones (excluding diaryl/α,β-unsaturated/α-hetero) is 1. The zero-order chi connectivity index (χ0) is 23.9. The van der Waals surface area contributed by atoms with Gasteiger partial charge >= 0.3 is 0 Å². The van der Waals surface area contributed by atoms with Crippen LogP contribution in [0.1, 0.15) is 41.8 Å². The van der Waals surface area contributed by atoms with Crippen LogP contribution in [0.3, 0.4) is 0 Å². The molecular formula is C28H31N3O2S. The standard InChI is InChI=1S/C28H31N3O2S/c1-3-29-24-16-15-23(20(2)32)18-25(24)30-28-31(19-22-12-8-5-9-13-22)27(33)26(34-28)17-14-21-10-6-4-7-11-21/h4-13,15-16,18,26-27,29,33H,3,14,17,19H2,1-2H3. The second-order valence-corrected chi connectivity index (χ2v) is 9.63. The molecule has 4 rings (SSSR count). The first kappa shape index (κ1) is 24.0. The Hall–Kier alpha value is -3.09. The smallest absolute Gasteiger partial charge is 0.167 e. The summed E-state index contributed by atoms with van der Waals surface area (Å²) in [5.41, 5.74) is 4.59. The van der Waals surface area contributed by atoms with Crippen molar-refractivity contribution >= 4 is 34.1 Å². The Morgan fingerprint density at radius 1 is 1.03 bits per heavy atom. The van der Waals surface area contributed by atoms with E-state index in [9.17, 15) is 9.90 Å². The zero-order valence-electron chi connectivity index (χ0n) is 19.6. The number of aliphatic hydroxyl groups is 1. The number of aryl methyl sites for hydroxylation is 1. The maximum absolute atomic E-state index is 12.0. The Kier molecular flexibility index (Phi) is 8.03. The Labute approximate surface area is 205 Å². The molecule has 0 spiro atoms. The van der Waals surface area contributed by atoms with Crippen molar-refractivity contribution in [2.45, 2.75) is 44.7 Å². The van der Waals surface area contributed by atoms with Crippen LogP contribution in [0.25, 0.3) is 0 Å². The predicted octanol–water partition coefficient (Wildman–Crippen LogP) is 5.88. The highest BCUT2D eigenvalue weighted by atomic mass is 32.2. The first-order valence-corrected chi connectivity index (χ1v) is 12.6. The molecule has 34 heavy (non-hydrogen) atoms. The molecule has 1 heterocycles. The summed E-state index contributed by atoms with van der Waals surface area (Å²) in [6.07, 6.45) is 1.09. The van der Waals surface area contributed by atoms with E-state index in [1.165, 1.54) is 5.56 Å². The minimum Gasteiger partial charge on any atom is -0.384 e. The first-order valence-electron chi connectivity index (χ1n) is 11.7. The van der Waals surface area contributed by atoms with Crippen molar-refractivity contribution in [2.75, 3.05) is 11.9 Å². The van der Waals surface area contributed by atoms with Gasteiger partial charge < -0.3 is 15.3 Å². The molecule has 2 unspecified atom stereocenters. The molecule has 0 saturated carbocycles. The van der Waals surface area contributed by atoms with Crippen molar-refractivity contribution in [1.29, 1.82) is 0 Å². The summed E-state index contributed by atoms with van der Waals surface area (Å²) in [5.74, 6) is 0.00508. The van der Waals surface area contributed by atoms with Crippen molar-refractivity contribution in [3.63, 3.8) is 0 Å². The van der Waals surface area contributed by atoms with Gasteiger partial charge in [0.15, 0.2) is 11.0 Å². The van der Waals surface area contributed by atoms with Gasteiger partial charge in [-0.3, -0.25) is 4.79 Å². The van der Waals surface area contributed by atoms with Gasteiger partial charge in [-0.1, -0.05) is 72.4 Å². The first-order chi connectivity index (χ1) is 16.5. The number of benzene rings is 3. The van der Waals surface area contributed by atoms with E-state index in [2.05, 4.69) is 29.6 Å². The van der Waals surface area contributed by atoms with Crippen LogP contribution in [-0.4, -0.2) is 39.0 Å². The van der Waals surface area contributed by atoms with Crippen LogP contribution in [0.5, 0.6) is 0 Å². The van der Waals surface area contributed by atoms with Crippen LogP contribution in [0, 0.1) is 0 Å². The average molecular weight is 474 g/mol. The molecule has 1 aliphatic rings. The molecule has 6 heteroatoms. The highest BCUT2D eigenvalue weighted by Gasteiger charge is 2.37. The van der Waals surface area contributed by atoms with E-state index >= 15 is 0 Å². The minimum absolute atomic E-state index is 0.00115. The largest absolute Gasteiger partial charge is 0.384 e. The van der Waals surface area contributed by atoms with Crippen molar-refractivity contribution in [3.05, 3.63) is 95.6 Å². The average Bonchev–Trinajstić information content (AvgIpc) is 3.14. The van der Waals surface area contributed by atoms with E-state index < -0.39 is 6.23 Å². The number of carbonyl (C=O) groups excluding carboxylic acids is 1. The molecule has 1 aliphatic heterocycles. The molecule has 176 valence electrons. The van der Waals surface area contributed by atoms with Crippen LogP contribution >= 0.6 is 11.8 Å². The Bertz CT molecular complexity index is 1130. The van der Waals surface area contributed by atoms with Crippen molar-refractivity contribution in [1.82, 2.24) is 4.90 Å². The number of hydrogen-bond donors (Lipinski definition) is 2. The summed E-state index contributed by atoms with van der Waals surface area (Å²) in [6, 6.07) is 26.1. The van der Waals surface area contributed by atoms with Crippen molar-refractivity contribution in [3.8, 4) is 0 Å². The maximum Gasteiger partial charge on any atom is 0.167 e. The van der Waals surface area contributed by atoms with E-state index in [1.807, 2.05) is 66.4 Å². The van der Waals surface area contributed by atoms with Crippen LogP contribution in [-0.2, 0) is 13.0 Å². The Morgan fingerprint density at radius 3 is 2.35 bits per heavy atom. The van der Waals surface area contributed by atoms with Gasteiger partial charge in [0.25, 0.3) is 0 Å². The summed E-state index contributed by atoms with van der Waals surface area (Å²) in [4.78, 5) is 19.0. The summed E-state index contributed by atoms with van der Waals surface area (Å²) in [5, 5.41) is 15.4. The number of hydrogen-bond acceptors (Lipinski definition) is 5. The van der Waals surface area contributed by atoms with Crippen molar-refractivity contribution in [2.24, 2.45) is 4.99 Å². The molecule has 2 atom stereocenters. The number of thioether (sulfide) groups is 1. The van der Waals surface area contributed by atoms with E-state index in [1.54, 1.807) is 18.7 Å². The van der Waals surface area contributed by atoms with Gasteiger partial charge in [0, 0.05) is 18.7 Å². The van der Waals surface area contributed by atoms with Gasteiger partial charge in [0.05, 0.1) is 16.6 Å². The molecule has 0 radical (unpaired) electrons. The third-order valence-corrected chi connectivity index (χ3v) is 7.22. The van der Waals surface area contributed by atoms with Gasteiger partial charge in [-0.15, -0.1) is 0 Å². The topological polar surface area (TPSA) is 64.9 Å². The van der Waals surface area contributed by atoms with Gasteiger partial charge in [-0.2, -0.15) is 0 Å². The van der Waals surface area contributed by atoms with E-state index in [-0.39, 0.29) is 11.0 Å². The fourth-order valence-electron chi connectivity index (χ4n) is 4.06. The van der Waals surface area contributed by atoms with Crippen molar-refractivity contribution < 1.29 is 9.90 Å². The number of carbonyl (C=O) groups is 1. The molecule has 0 bridgehead atoms. The molecule has 0 aliphatic carbocycles. The Balaban J connectivity index is 1.65. The van der Waals surface area contributed by atoms with E-state index in [4.69, 9.17) is 4.99 Å². The summed E-state index contributed by atoms with van der Waals surface area (Å²) >= 11 is 1.61. The van der Waals surface area contributed by atoms with Gasteiger partial charge in [-0.25, -0.2) is 4.99 Å². The second-order valence-electron chi connectivity index (χ2n) is 8.42. The molecule has 2 N–H and O–H groups in total. The van der Waals surface area contributed by atoms with Crippen LogP contribution in [0.4, 0.5) is 11.4 Å². The fraction of sp³-hybridized carbons (Fsp3) is 0.286. The van der Waals surface area contributed by atoms with Gasteiger partial charge in [-0.05, 0) is 56.0 Å². The molecule has 1 fully saturated rings. The highest BCUT2D eigenvalue weighted by molar-refractivity contribution is 8.14. The van der Waals surface area contributed by atoms with E-state index in [0.717, 1.165) is 35.8 Å². The quantitative estimate of drug-likeness (QED) is 0.380. The number of amidine groups is 1. The Morgan fingerprint density at radius 2 is 1.71 bits per heavy atom. The van der Waals surface area contributed by atoms with Gasteiger partial charge in [0.1, 0.15) is 6.23 Å². The lowest BCUT2D eigenvalue weighted by Gasteiger charge is -2.24. The number of aliphatic hydroxyl groups excluding tert-OH is 1. The normalized spacial score (nSPS) is 18.9. The van der Waals surface area contributed by atoms with Crippen LogP contribution in [0.2, 0.25) is 0 Å². The molecule has 1 saturated heterocycles. The van der Waals surface area contributed by atoms with E-state index in [0.29, 0.717) is 17.8 Å². The third-order valence-electron chi connectivity index (χ3n) is 5.90. The number of ketones is 1. The monoisotopic (exact) mass is 473 g/mol. The molecule has 0 amide bonds. The number of nitrogens with zero attached hydrogens (tertiary/aromatic N) is 2. The molecule has 3 aromatic rings. The number of anilines is 1. The lowest BCUT2D eigenvalue weighted by atomic mass is 10.1. The molecule has 0 aromatic heterocycles. The minimum atomic E-state index is -0.647. The third kappa shape index (κ3) is 5.88. The summed E-state index contributed by atoms with van der Waals surface area (Å²) < 4.78 is 0. The van der Waals surface area contributed by atoms with Crippen LogP contribution < -0.4 is 5.32 Å². The summed E-state index contributed by atoms with van der Waals surface area (Å²) in [6.45, 7) is 4.92. The summed E-state index contributed by atoms with van der Waals surface area (Å²) in [7, 11) is 0. The molecular weight excluding hydrogens is 442 g/mol. The lowest BCUT2D eigenvalue weighted by Crippen LogP contribution is -2.36. The molecule has 5 nitrogen and oxygen atoms in total. The van der Waals surface area contributed by atoms with Crippen LogP contribution in [0.15, 0.2) is 83.9 Å². The highest BCUT2D eigenvalue weighted by Crippen LogP contribution is 2.38. The zero-order valence-corrected chi connectivity index (χ0v) is 20.5. The SMILES string of the molecule is CCNc1ccc(C(C)=O)cc1N=C1SC(CCc2ccccc2)C(O)N1Cc1ccccc1. The number of aliphatic imine (C=N–C) groups is 1. The number of nitrogens with one attached hydrogen (secondary N) is 1. The second kappa shape index (κ2) is 11.4. The fourth-order valence-corrected chi connectivity index (χ4v) is 5.29.